The zero-order valence-corrected chi connectivity index (χ0v) is 11.1. The molecule has 0 atom stereocenters. The number of rotatable bonds is 7. The van der Waals surface area contributed by atoms with Crippen LogP contribution in [-0.4, -0.2) is 66.0 Å². The predicted molar refractivity (Wildman–Crippen MR) is 66.2 cm³/mol. The highest BCUT2D eigenvalue weighted by atomic mass is 16.4. The predicted octanol–water partition coefficient (Wildman–Crippen LogP) is -0.0291. The van der Waals surface area contributed by atoms with Crippen molar-refractivity contribution < 1.29 is 19.5 Å². The first-order chi connectivity index (χ1) is 8.42. The molecule has 0 aliphatic carbocycles. The molecule has 0 saturated carbocycles. The second-order valence-corrected chi connectivity index (χ2v) is 3.91. The SMILES string of the molecule is CCCN(CC(=O)O)C(=O)N(C)CC(=O)NCC. The average Bonchev–Trinajstić information content (AvgIpc) is 2.27. The lowest BCUT2D eigenvalue weighted by Gasteiger charge is -2.26. The third-order valence-electron chi connectivity index (χ3n) is 2.17. The van der Waals surface area contributed by atoms with E-state index in [1.165, 1.54) is 16.8 Å². The van der Waals surface area contributed by atoms with Crippen molar-refractivity contribution in [2.45, 2.75) is 20.3 Å². The van der Waals surface area contributed by atoms with Gasteiger partial charge in [0.05, 0.1) is 0 Å². The molecule has 104 valence electrons. The number of amides is 3. The van der Waals surface area contributed by atoms with Gasteiger partial charge in [0, 0.05) is 20.1 Å². The van der Waals surface area contributed by atoms with E-state index in [1.54, 1.807) is 6.92 Å². The van der Waals surface area contributed by atoms with Crippen LogP contribution in [0.4, 0.5) is 4.79 Å². The number of likely N-dealkylation sites (N-methyl/N-ethyl adjacent to an activating group) is 2. The molecular formula is C11H21N3O4. The van der Waals surface area contributed by atoms with Crippen LogP contribution >= 0.6 is 0 Å². The highest BCUT2D eigenvalue weighted by Crippen LogP contribution is 1.98. The second kappa shape index (κ2) is 8.32. The Balaban J connectivity index is 4.45. The van der Waals surface area contributed by atoms with Gasteiger partial charge in [-0.05, 0) is 13.3 Å². The van der Waals surface area contributed by atoms with Crippen molar-refractivity contribution in [3.05, 3.63) is 0 Å². The van der Waals surface area contributed by atoms with Crippen molar-refractivity contribution in [2.24, 2.45) is 0 Å². The van der Waals surface area contributed by atoms with Crippen molar-refractivity contribution in [3.8, 4) is 0 Å². The number of urea groups is 1. The molecule has 0 rings (SSSR count). The van der Waals surface area contributed by atoms with Gasteiger partial charge in [0.25, 0.3) is 0 Å². The molecule has 7 nitrogen and oxygen atoms in total. The van der Waals surface area contributed by atoms with E-state index in [0.717, 1.165) is 0 Å². The van der Waals surface area contributed by atoms with Crippen molar-refractivity contribution >= 4 is 17.9 Å². The normalized spacial score (nSPS) is 9.72. The lowest BCUT2D eigenvalue weighted by molar-refractivity contribution is -0.137. The van der Waals surface area contributed by atoms with Crippen molar-refractivity contribution in [2.75, 3.05) is 33.2 Å². The number of hydrogen-bond acceptors (Lipinski definition) is 3. The topological polar surface area (TPSA) is 90.0 Å². The fraction of sp³-hybridized carbons (Fsp3) is 0.727. The van der Waals surface area contributed by atoms with Gasteiger partial charge in [-0.1, -0.05) is 6.92 Å². The maximum Gasteiger partial charge on any atom is 0.323 e. The molecule has 3 amide bonds. The van der Waals surface area contributed by atoms with E-state index in [1.807, 2.05) is 6.92 Å². The van der Waals surface area contributed by atoms with Crippen LogP contribution in [0.1, 0.15) is 20.3 Å². The summed E-state index contributed by atoms with van der Waals surface area (Å²) in [6.45, 7) is 4.05. The van der Waals surface area contributed by atoms with Gasteiger partial charge < -0.3 is 20.2 Å². The fourth-order valence-corrected chi connectivity index (χ4v) is 1.45. The number of aliphatic carboxylic acids is 1. The minimum atomic E-state index is -1.07. The molecule has 0 radical (unpaired) electrons. The Morgan fingerprint density at radius 3 is 2.22 bits per heavy atom. The molecule has 18 heavy (non-hydrogen) atoms. The minimum absolute atomic E-state index is 0.0769. The summed E-state index contributed by atoms with van der Waals surface area (Å²) in [6, 6.07) is -0.453. The molecule has 0 bridgehead atoms. The maximum atomic E-state index is 11.9. The van der Waals surface area contributed by atoms with Crippen molar-refractivity contribution in [3.63, 3.8) is 0 Å². The highest BCUT2D eigenvalue weighted by Gasteiger charge is 2.20. The summed E-state index contributed by atoms with van der Waals surface area (Å²) in [5.41, 5.74) is 0. The molecule has 0 fully saturated rings. The van der Waals surface area contributed by atoms with Crippen LogP contribution in [0.25, 0.3) is 0 Å². The van der Waals surface area contributed by atoms with Gasteiger partial charge in [0.2, 0.25) is 5.91 Å². The first kappa shape index (κ1) is 16.2. The van der Waals surface area contributed by atoms with E-state index in [4.69, 9.17) is 5.11 Å². The lowest BCUT2D eigenvalue weighted by Crippen LogP contribution is -2.47. The quantitative estimate of drug-likeness (QED) is 0.672. The summed E-state index contributed by atoms with van der Waals surface area (Å²) < 4.78 is 0. The van der Waals surface area contributed by atoms with E-state index >= 15 is 0 Å². The number of carbonyl (C=O) groups is 3. The van der Waals surface area contributed by atoms with Gasteiger partial charge in [0.15, 0.2) is 0 Å². The van der Waals surface area contributed by atoms with Crippen LogP contribution in [0, 0.1) is 0 Å². The largest absolute Gasteiger partial charge is 0.480 e. The standard InChI is InChI=1S/C11H21N3O4/c1-4-6-14(8-10(16)17)11(18)13(3)7-9(15)12-5-2/h4-8H2,1-3H3,(H,12,15)(H,16,17). The molecule has 0 heterocycles. The molecule has 0 aliphatic heterocycles. The van der Waals surface area contributed by atoms with Crippen LogP contribution < -0.4 is 5.32 Å². The minimum Gasteiger partial charge on any atom is -0.480 e. The summed E-state index contributed by atoms with van der Waals surface area (Å²) in [5, 5.41) is 11.3. The molecule has 0 aromatic heterocycles. The van der Waals surface area contributed by atoms with E-state index in [0.29, 0.717) is 19.5 Å². The zero-order valence-electron chi connectivity index (χ0n) is 11.1. The molecule has 0 aromatic carbocycles. The van der Waals surface area contributed by atoms with Gasteiger partial charge in [0.1, 0.15) is 13.1 Å². The van der Waals surface area contributed by atoms with E-state index in [-0.39, 0.29) is 19.0 Å². The van der Waals surface area contributed by atoms with Gasteiger partial charge in [-0.25, -0.2) is 4.79 Å². The van der Waals surface area contributed by atoms with E-state index in [2.05, 4.69) is 5.32 Å². The monoisotopic (exact) mass is 259 g/mol. The van der Waals surface area contributed by atoms with Crippen molar-refractivity contribution in [1.29, 1.82) is 0 Å². The number of nitrogens with one attached hydrogen (secondary N) is 1. The van der Waals surface area contributed by atoms with Gasteiger partial charge >= 0.3 is 12.0 Å². The summed E-state index contributed by atoms with van der Waals surface area (Å²) in [4.78, 5) is 36.3. The van der Waals surface area contributed by atoms with Gasteiger partial charge in [-0.3, -0.25) is 9.59 Å². The Morgan fingerprint density at radius 2 is 1.78 bits per heavy atom. The van der Waals surface area contributed by atoms with Crippen LogP contribution in [0.2, 0.25) is 0 Å². The third-order valence-corrected chi connectivity index (χ3v) is 2.17. The first-order valence-electron chi connectivity index (χ1n) is 5.90. The van der Waals surface area contributed by atoms with Crippen LogP contribution in [0.15, 0.2) is 0 Å². The number of carbonyl (C=O) groups excluding carboxylic acids is 2. The Kier molecular flexibility index (Phi) is 7.50. The van der Waals surface area contributed by atoms with Crippen LogP contribution in [-0.2, 0) is 9.59 Å². The second-order valence-electron chi connectivity index (χ2n) is 3.91. The summed E-state index contributed by atoms with van der Waals surface area (Å²) >= 11 is 0. The average molecular weight is 259 g/mol. The molecule has 0 aliphatic rings. The third kappa shape index (κ3) is 6.07. The van der Waals surface area contributed by atoms with Crippen LogP contribution in [0.5, 0.6) is 0 Å². The van der Waals surface area contributed by atoms with Crippen molar-refractivity contribution in [1.82, 2.24) is 15.1 Å². The molecule has 7 heteroatoms. The number of carboxylic acids is 1. The number of carboxylic acid groups (broad SMARTS) is 1. The van der Waals surface area contributed by atoms with E-state index < -0.39 is 12.0 Å². The van der Waals surface area contributed by atoms with Gasteiger partial charge in [-0.2, -0.15) is 0 Å². The molecular weight excluding hydrogens is 238 g/mol. The summed E-state index contributed by atoms with van der Waals surface area (Å²) in [6.07, 6.45) is 0.661. The first-order valence-corrected chi connectivity index (χ1v) is 5.90. The summed E-state index contributed by atoms with van der Waals surface area (Å²) in [5.74, 6) is -1.33. The molecule has 2 N–H and O–H groups in total. The fourth-order valence-electron chi connectivity index (χ4n) is 1.45. The Labute approximate surface area is 107 Å². The zero-order chi connectivity index (χ0) is 14.1. The van der Waals surface area contributed by atoms with Crippen LogP contribution in [0.3, 0.4) is 0 Å². The summed E-state index contributed by atoms with van der Waals surface area (Å²) in [7, 11) is 1.47. The lowest BCUT2D eigenvalue weighted by atomic mass is 10.4. The highest BCUT2D eigenvalue weighted by molar-refractivity contribution is 5.85. The molecule has 0 saturated heterocycles. The van der Waals surface area contributed by atoms with E-state index in [9.17, 15) is 14.4 Å². The number of hydrogen-bond donors (Lipinski definition) is 2. The molecule has 0 aromatic rings. The molecule has 0 spiro atoms. The maximum absolute atomic E-state index is 11.9. The number of nitrogens with zero attached hydrogens (tertiary/aromatic N) is 2. The smallest absolute Gasteiger partial charge is 0.323 e. The van der Waals surface area contributed by atoms with Gasteiger partial charge in [-0.15, -0.1) is 0 Å². The Morgan fingerprint density at radius 1 is 1.17 bits per heavy atom. The Bertz CT molecular complexity index is 307. The molecule has 0 unspecified atom stereocenters. The Hall–Kier alpha value is -1.79.